The molecule has 1 aromatic rings. The number of likely N-dealkylation sites (tertiary alicyclic amines) is 1. The van der Waals surface area contributed by atoms with Crippen LogP contribution in [0.25, 0.3) is 0 Å². The van der Waals surface area contributed by atoms with Crippen LogP contribution in [0.3, 0.4) is 0 Å². The van der Waals surface area contributed by atoms with Crippen LogP contribution in [0.15, 0.2) is 12.1 Å². The number of aromatic hydroxyl groups is 1. The molecule has 0 spiro atoms. The highest BCUT2D eigenvalue weighted by Crippen LogP contribution is 2.38. The second kappa shape index (κ2) is 6.58. The number of ether oxygens (including phenoxy) is 2. The quantitative estimate of drug-likeness (QED) is 0.889. The van der Waals surface area contributed by atoms with Crippen molar-refractivity contribution >= 4 is 11.9 Å². The van der Waals surface area contributed by atoms with Gasteiger partial charge >= 0.3 is 6.09 Å². The predicted octanol–water partition coefficient (Wildman–Crippen LogP) is 3.16. The van der Waals surface area contributed by atoms with Crippen molar-refractivity contribution in [3.05, 3.63) is 23.3 Å². The van der Waals surface area contributed by atoms with Gasteiger partial charge in [0, 0.05) is 18.7 Å². The summed E-state index contributed by atoms with van der Waals surface area (Å²) in [6.45, 7) is 6.89. The Hall–Kier alpha value is -2.24. The number of carbonyl (C=O) groups is 2. The Morgan fingerprint density at radius 2 is 2.00 bits per heavy atom. The van der Waals surface area contributed by atoms with E-state index in [9.17, 15) is 14.7 Å². The van der Waals surface area contributed by atoms with Gasteiger partial charge in [0.25, 0.3) is 0 Å². The van der Waals surface area contributed by atoms with Crippen molar-refractivity contribution in [1.82, 2.24) is 4.90 Å². The van der Waals surface area contributed by atoms with E-state index in [0.29, 0.717) is 42.3 Å². The number of Topliss-reactive ketones (excluding diaryl/α,β-unsaturated/α-hetero) is 1. The van der Waals surface area contributed by atoms with Crippen molar-refractivity contribution in [1.29, 1.82) is 0 Å². The minimum absolute atomic E-state index is 0.0445. The third-order valence-corrected chi connectivity index (χ3v) is 4.64. The van der Waals surface area contributed by atoms with Gasteiger partial charge in [-0.25, -0.2) is 4.79 Å². The molecule has 25 heavy (non-hydrogen) atoms. The topological polar surface area (TPSA) is 76.1 Å². The SMILES string of the molecule is CC(C)(C)OC(=O)N1CCC(Cc2c(O)ccc3c2OCC3=O)CC1. The van der Waals surface area contributed by atoms with Gasteiger partial charge in [-0.05, 0) is 58.1 Å². The molecule has 1 saturated heterocycles. The zero-order valence-electron chi connectivity index (χ0n) is 15.0. The third kappa shape index (κ3) is 3.89. The lowest BCUT2D eigenvalue weighted by atomic mass is 9.89. The number of nitrogens with zero attached hydrogens (tertiary/aromatic N) is 1. The lowest BCUT2D eigenvalue weighted by Gasteiger charge is -2.33. The van der Waals surface area contributed by atoms with Gasteiger partial charge in [0.1, 0.15) is 17.1 Å². The highest BCUT2D eigenvalue weighted by atomic mass is 16.6. The highest BCUT2D eigenvalue weighted by Gasteiger charge is 2.30. The maximum atomic E-state index is 12.1. The van der Waals surface area contributed by atoms with Crippen LogP contribution < -0.4 is 4.74 Å². The van der Waals surface area contributed by atoms with Gasteiger partial charge in [-0.1, -0.05) is 0 Å². The standard InChI is InChI=1S/C19H25NO5/c1-19(2,3)25-18(23)20-8-6-12(7-9-20)10-14-15(21)5-4-13-16(22)11-24-17(13)14/h4-5,12,21H,6-11H2,1-3H3. The van der Waals surface area contributed by atoms with E-state index >= 15 is 0 Å². The molecule has 1 fully saturated rings. The first-order chi connectivity index (χ1) is 11.7. The molecule has 2 aliphatic rings. The Bertz CT molecular complexity index is 684. The summed E-state index contributed by atoms with van der Waals surface area (Å²) in [5.74, 6) is 0.981. The molecule has 6 nitrogen and oxygen atoms in total. The number of hydrogen-bond donors (Lipinski definition) is 1. The first-order valence-corrected chi connectivity index (χ1v) is 8.73. The monoisotopic (exact) mass is 347 g/mol. The van der Waals surface area contributed by atoms with Crippen molar-refractivity contribution in [2.75, 3.05) is 19.7 Å². The summed E-state index contributed by atoms with van der Waals surface area (Å²) in [6.07, 6.45) is 2.03. The Balaban J connectivity index is 1.62. The number of piperidine rings is 1. The first-order valence-electron chi connectivity index (χ1n) is 8.73. The average Bonchev–Trinajstić information content (AvgIpc) is 2.90. The van der Waals surface area contributed by atoms with Crippen LogP contribution in [0.2, 0.25) is 0 Å². The average molecular weight is 347 g/mol. The van der Waals surface area contributed by atoms with Gasteiger partial charge in [-0.3, -0.25) is 4.79 Å². The van der Waals surface area contributed by atoms with Crippen molar-refractivity contribution in [3.63, 3.8) is 0 Å². The van der Waals surface area contributed by atoms with Gasteiger partial charge in [0.05, 0.1) is 5.56 Å². The minimum Gasteiger partial charge on any atom is -0.508 e. The third-order valence-electron chi connectivity index (χ3n) is 4.64. The van der Waals surface area contributed by atoms with Crippen LogP contribution in [0.1, 0.15) is 49.5 Å². The fraction of sp³-hybridized carbons (Fsp3) is 0.579. The second-order valence-corrected chi connectivity index (χ2v) is 7.77. The minimum atomic E-state index is -0.492. The van der Waals surface area contributed by atoms with E-state index in [4.69, 9.17) is 9.47 Å². The van der Waals surface area contributed by atoms with E-state index in [1.807, 2.05) is 20.8 Å². The molecule has 1 aromatic carbocycles. The molecular formula is C19H25NO5. The summed E-state index contributed by atoms with van der Waals surface area (Å²) >= 11 is 0. The van der Waals surface area contributed by atoms with E-state index in [1.54, 1.807) is 17.0 Å². The summed E-state index contributed by atoms with van der Waals surface area (Å²) < 4.78 is 10.9. The zero-order chi connectivity index (χ0) is 18.2. The number of amides is 1. The summed E-state index contributed by atoms with van der Waals surface area (Å²) in [5, 5.41) is 10.2. The van der Waals surface area contributed by atoms with Crippen molar-refractivity contribution < 1.29 is 24.2 Å². The molecule has 2 aliphatic heterocycles. The summed E-state index contributed by atoms with van der Waals surface area (Å²) in [7, 11) is 0. The van der Waals surface area contributed by atoms with Crippen LogP contribution in [-0.4, -0.2) is 47.2 Å². The van der Waals surface area contributed by atoms with Gasteiger partial charge in [0.15, 0.2) is 6.61 Å². The molecule has 0 radical (unpaired) electrons. The molecule has 0 aliphatic carbocycles. The highest BCUT2D eigenvalue weighted by molar-refractivity contribution is 6.02. The molecule has 0 unspecified atom stereocenters. The molecule has 0 saturated carbocycles. The van der Waals surface area contributed by atoms with E-state index in [2.05, 4.69) is 0 Å². The van der Waals surface area contributed by atoms with E-state index in [1.165, 1.54) is 0 Å². The van der Waals surface area contributed by atoms with Crippen molar-refractivity contribution in [3.8, 4) is 11.5 Å². The number of phenolic OH excluding ortho intramolecular Hbond substituents is 1. The van der Waals surface area contributed by atoms with Crippen LogP contribution in [0, 0.1) is 5.92 Å². The van der Waals surface area contributed by atoms with Crippen LogP contribution in [0.4, 0.5) is 4.79 Å². The Kier molecular flexibility index (Phi) is 4.62. The molecule has 6 heteroatoms. The molecule has 136 valence electrons. The number of fused-ring (bicyclic) bond motifs is 1. The van der Waals surface area contributed by atoms with Crippen molar-refractivity contribution in [2.24, 2.45) is 5.92 Å². The van der Waals surface area contributed by atoms with Crippen LogP contribution in [-0.2, 0) is 11.2 Å². The molecule has 0 bridgehead atoms. The summed E-state index contributed by atoms with van der Waals surface area (Å²) in [5.41, 5.74) is 0.770. The van der Waals surface area contributed by atoms with E-state index in [-0.39, 0.29) is 24.2 Å². The molecule has 3 rings (SSSR count). The predicted molar refractivity (Wildman–Crippen MR) is 92.2 cm³/mol. The Morgan fingerprint density at radius 3 is 2.64 bits per heavy atom. The smallest absolute Gasteiger partial charge is 0.410 e. The number of benzene rings is 1. The number of hydrogen-bond acceptors (Lipinski definition) is 5. The second-order valence-electron chi connectivity index (χ2n) is 7.77. The van der Waals surface area contributed by atoms with Gasteiger partial charge in [0.2, 0.25) is 5.78 Å². The number of ketones is 1. The fourth-order valence-corrected chi connectivity index (χ4v) is 3.35. The fourth-order valence-electron chi connectivity index (χ4n) is 3.35. The maximum absolute atomic E-state index is 12.1. The molecule has 1 amide bonds. The Labute approximate surface area is 147 Å². The van der Waals surface area contributed by atoms with Gasteiger partial charge in [-0.15, -0.1) is 0 Å². The maximum Gasteiger partial charge on any atom is 0.410 e. The van der Waals surface area contributed by atoms with E-state index in [0.717, 1.165) is 12.8 Å². The number of phenols is 1. The zero-order valence-corrected chi connectivity index (χ0v) is 15.0. The van der Waals surface area contributed by atoms with E-state index < -0.39 is 5.60 Å². The number of rotatable bonds is 2. The summed E-state index contributed by atoms with van der Waals surface area (Å²) in [4.78, 5) is 25.7. The molecule has 1 N–H and O–H groups in total. The normalized spacial score (nSPS) is 18.0. The van der Waals surface area contributed by atoms with Crippen LogP contribution >= 0.6 is 0 Å². The molecule has 0 aromatic heterocycles. The largest absolute Gasteiger partial charge is 0.508 e. The van der Waals surface area contributed by atoms with Gasteiger partial charge in [-0.2, -0.15) is 0 Å². The number of carbonyl (C=O) groups excluding carboxylic acids is 2. The lowest BCUT2D eigenvalue weighted by Crippen LogP contribution is -2.42. The van der Waals surface area contributed by atoms with Crippen LogP contribution in [0.5, 0.6) is 11.5 Å². The molecular weight excluding hydrogens is 322 g/mol. The molecule has 2 heterocycles. The lowest BCUT2D eigenvalue weighted by molar-refractivity contribution is 0.0183. The first kappa shape index (κ1) is 17.6. The van der Waals surface area contributed by atoms with Crippen molar-refractivity contribution in [2.45, 2.75) is 45.6 Å². The Morgan fingerprint density at radius 1 is 1.32 bits per heavy atom. The van der Waals surface area contributed by atoms with Gasteiger partial charge < -0.3 is 19.5 Å². The summed E-state index contributed by atoms with van der Waals surface area (Å²) in [6, 6.07) is 3.19. The molecule has 0 atom stereocenters.